The number of piperazine rings is 1. The summed E-state index contributed by atoms with van der Waals surface area (Å²) in [5.74, 6) is 0.458. The first kappa shape index (κ1) is 26.1. The number of hydrogen-bond donors (Lipinski definition) is 1. The summed E-state index contributed by atoms with van der Waals surface area (Å²) in [6.07, 6.45) is -4.54. The normalized spacial score (nSPS) is 15.6. The number of nitrogens with one attached hydrogen (secondary N) is 1. The first-order valence-corrected chi connectivity index (χ1v) is 13.2. The summed E-state index contributed by atoms with van der Waals surface area (Å²) in [6, 6.07) is 10.8. The Kier molecular flexibility index (Phi) is 7.64. The van der Waals surface area contributed by atoms with Gasteiger partial charge in [0.15, 0.2) is 5.13 Å². The van der Waals surface area contributed by atoms with Gasteiger partial charge in [-0.3, -0.25) is 9.69 Å². The van der Waals surface area contributed by atoms with E-state index in [1.807, 2.05) is 34.5 Å². The Bertz CT molecular complexity index is 1300. The molecule has 1 N–H and O–H groups in total. The van der Waals surface area contributed by atoms with Crippen molar-refractivity contribution in [1.29, 1.82) is 0 Å². The lowest BCUT2D eigenvalue weighted by molar-refractivity contribution is -0.137. The Morgan fingerprint density at radius 1 is 1.06 bits per heavy atom. The highest BCUT2D eigenvalue weighted by Crippen LogP contribution is 2.30. The van der Waals surface area contributed by atoms with E-state index in [1.54, 1.807) is 7.11 Å². The molecule has 13 heteroatoms. The van der Waals surface area contributed by atoms with Gasteiger partial charge in [-0.1, -0.05) is 0 Å². The molecule has 1 fully saturated rings. The third kappa shape index (κ3) is 6.03. The smallest absolute Gasteiger partial charge is 0.416 e. The van der Waals surface area contributed by atoms with Crippen LogP contribution in [0, 0.1) is 0 Å². The minimum absolute atomic E-state index is 0.0611. The number of carbonyl (C=O) groups is 1. The van der Waals surface area contributed by atoms with Gasteiger partial charge in [0.1, 0.15) is 5.75 Å². The van der Waals surface area contributed by atoms with Gasteiger partial charge < -0.3 is 10.1 Å². The number of hydrogen-bond acceptors (Lipinski definition) is 7. The van der Waals surface area contributed by atoms with Gasteiger partial charge in [-0.2, -0.15) is 17.5 Å². The van der Waals surface area contributed by atoms with Crippen LogP contribution < -0.4 is 10.1 Å². The third-order valence-corrected chi connectivity index (χ3v) is 8.32. The molecular weight excluding hydrogens is 517 g/mol. The van der Waals surface area contributed by atoms with Gasteiger partial charge in [-0.15, -0.1) is 11.3 Å². The van der Waals surface area contributed by atoms with Crippen LogP contribution in [0.25, 0.3) is 11.3 Å². The summed E-state index contributed by atoms with van der Waals surface area (Å²) in [7, 11) is -2.34. The molecule has 0 unspecified atom stereocenters. The second kappa shape index (κ2) is 10.5. The number of sulfonamides is 1. The van der Waals surface area contributed by atoms with Gasteiger partial charge >= 0.3 is 6.18 Å². The van der Waals surface area contributed by atoms with Gasteiger partial charge in [0, 0.05) is 37.1 Å². The van der Waals surface area contributed by atoms with Gasteiger partial charge in [-0.25, -0.2) is 13.4 Å². The van der Waals surface area contributed by atoms with Crippen LogP contribution in [-0.4, -0.2) is 68.3 Å². The first-order chi connectivity index (χ1) is 17.1. The Morgan fingerprint density at radius 3 is 2.28 bits per heavy atom. The summed E-state index contributed by atoms with van der Waals surface area (Å²) in [5, 5.41) is 5.05. The molecule has 2 aromatic carbocycles. The second-order valence-corrected chi connectivity index (χ2v) is 10.8. The van der Waals surface area contributed by atoms with Crippen LogP contribution in [0.5, 0.6) is 5.75 Å². The summed E-state index contributed by atoms with van der Waals surface area (Å²) in [6.45, 7) is 0.918. The van der Waals surface area contributed by atoms with Crippen molar-refractivity contribution in [2.24, 2.45) is 0 Å². The molecule has 1 aromatic heterocycles. The first-order valence-electron chi connectivity index (χ1n) is 10.9. The fourth-order valence-electron chi connectivity index (χ4n) is 3.68. The highest BCUT2D eigenvalue weighted by Gasteiger charge is 2.32. The zero-order chi connectivity index (χ0) is 25.9. The number of thiazole rings is 1. The Balaban J connectivity index is 1.29. The van der Waals surface area contributed by atoms with Crippen LogP contribution in [0.4, 0.5) is 18.3 Å². The Hall–Kier alpha value is -3.00. The molecule has 2 heterocycles. The minimum atomic E-state index is -4.54. The molecule has 4 rings (SSSR count). The number of amides is 1. The van der Waals surface area contributed by atoms with Gasteiger partial charge in [0.25, 0.3) is 0 Å². The second-order valence-electron chi connectivity index (χ2n) is 8.02. The lowest BCUT2D eigenvalue weighted by Crippen LogP contribution is -2.50. The summed E-state index contributed by atoms with van der Waals surface area (Å²) in [4.78, 5) is 18.5. The topological polar surface area (TPSA) is 91.8 Å². The number of anilines is 1. The van der Waals surface area contributed by atoms with Gasteiger partial charge in [0.2, 0.25) is 15.9 Å². The molecule has 192 valence electrons. The van der Waals surface area contributed by atoms with Crippen molar-refractivity contribution in [2.75, 3.05) is 45.2 Å². The van der Waals surface area contributed by atoms with Gasteiger partial charge in [0.05, 0.1) is 29.8 Å². The molecule has 0 radical (unpaired) electrons. The molecule has 1 amide bonds. The number of alkyl halides is 3. The highest BCUT2D eigenvalue weighted by atomic mass is 32.2. The van der Waals surface area contributed by atoms with E-state index in [-0.39, 0.29) is 30.4 Å². The van der Waals surface area contributed by atoms with Crippen LogP contribution in [0.2, 0.25) is 0 Å². The van der Waals surface area contributed by atoms with E-state index in [0.29, 0.717) is 18.2 Å². The molecule has 1 aliphatic heterocycles. The average Bonchev–Trinajstić information content (AvgIpc) is 3.32. The van der Waals surface area contributed by atoms with Crippen molar-refractivity contribution in [2.45, 2.75) is 11.1 Å². The number of nitrogens with zero attached hydrogens (tertiary/aromatic N) is 3. The van der Waals surface area contributed by atoms with Crippen molar-refractivity contribution in [1.82, 2.24) is 14.2 Å². The van der Waals surface area contributed by atoms with E-state index in [1.165, 1.54) is 15.6 Å². The summed E-state index contributed by atoms with van der Waals surface area (Å²) in [5.41, 5.74) is 0.701. The third-order valence-electron chi connectivity index (χ3n) is 5.65. The number of ether oxygens (including phenoxy) is 1. The fraction of sp³-hybridized carbons (Fsp3) is 0.304. The molecule has 0 bridgehead atoms. The van der Waals surface area contributed by atoms with Crippen LogP contribution in [-0.2, 0) is 21.0 Å². The lowest BCUT2D eigenvalue weighted by Gasteiger charge is -2.33. The maximum atomic E-state index is 12.8. The van der Waals surface area contributed by atoms with Crippen molar-refractivity contribution < 1.29 is 31.1 Å². The molecule has 8 nitrogen and oxygen atoms in total. The monoisotopic (exact) mass is 540 g/mol. The predicted octanol–water partition coefficient (Wildman–Crippen LogP) is 3.78. The minimum Gasteiger partial charge on any atom is -0.497 e. The fourth-order valence-corrected chi connectivity index (χ4v) is 5.84. The summed E-state index contributed by atoms with van der Waals surface area (Å²) >= 11 is 1.30. The lowest BCUT2D eigenvalue weighted by atomic mass is 10.2. The predicted molar refractivity (Wildman–Crippen MR) is 129 cm³/mol. The molecule has 1 saturated heterocycles. The largest absolute Gasteiger partial charge is 0.497 e. The standard InChI is InChI=1S/C23H23F3N4O4S2/c1-34-18-6-2-16(3-7-18)20-15-35-22(27-20)28-21(31)14-29-10-12-30(13-11-29)36(32,33)19-8-4-17(5-9-19)23(24,25)26/h2-9,15H,10-14H2,1H3,(H,27,28,31). The molecular formula is C23H23F3N4O4S2. The molecule has 0 spiro atoms. The van der Waals surface area contributed by atoms with E-state index >= 15 is 0 Å². The Morgan fingerprint density at radius 2 is 1.69 bits per heavy atom. The van der Waals surface area contributed by atoms with Crippen LogP contribution >= 0.6 is 11.3 Å². The van der Waals surface area contributed by atoms with Crippen LogP contribution in [0.3, 0.4) is 0 Å². The van der Waals surface area contributed by atoms with Crippen LogP contribution in [0.15, 0.2) is 58.8 Å². The Labute approximate surface area is 210 Å². The summed E-state index contributed by atoms with van der Waals surface area (Å²) < 4.78 is 70.2. The van der Waals surface area contributed by atoms with E-state index in [9.17, 15) is 26.4 Å². The molecule has 0 atom stereocenters. The zero-order valence-corrected chi connectivity index (χ0v) is 20.8. The number of benzene rings is 2. The number of rotatable bonds is 7. The number of methoxy groups -OCH3 is 1. The average molecular weight is 541 g/mol. The van der Waals surface area contributed by atoms with E-state index < -0.39 is 21.8 Å². The number of carbonyl (C=O) groups excluding carboxylic acids is 1. The van der Waals surface area contributed by atoms with Gasteiger partial charge in [-0.05, 0) is 48.5 Å². The zero-order valence-electron chi connectivity index (χ0n) is 19.2. The van der Waals surface area contributed by atoms with Crippen LogP contribution in [0.1, 0.15) is 5.56 Å². The maximum absolute atomic E-state index is 12.8. The van der Waals surface area contributed by atoms with E-state index in [4.69, 9.17) is 4.74 Å². The molecule has 3 aromatic rings. The van der Waals surface area contributed by atoms with Crippen molar-refractivity contribution in [3.05, 3.63) is 59.5 Å². The quantitative estimate of drug-likeness (QED) is 0.491. The molecule has 36 heavy (non-hydrogen) atoms. The maximum Gasteiger partial charge on any atom is 0.416 e. The van der Waals surface area contributed by atoms with E-state index in [2.05, 4.69) is 10.3 Å². The van der Waals surface area contributed by atoms with E-state index in [0.717, 1.165) is 41.3 Å². The van der Waals surface area contributed by atoms with Crippen molar-refractivity contribution in [3.8, 4) is 17.0 Å². The van der Waals surface area contributed by atoms with Crippen molar-refractivity contribution >= 4 is 32.4 Å². The number of aromatic nitrogens is 1. The van der Waals surface area contributed by atoms with Crippen molar-refractivity contribution in [3.63, 3.8) is 0 Å². The molecule has 1 aliphatic rings. The SMILES string of the molecule is COc1ccc(-c2csc(NC(=O)CN3CCN(S(=O)(=O)c4ccc(C(F)(F)F)cc4)CC3)n2)cc1. The molecule has 0 aliphatic carbocycles. The highest BCUT2D eigenvalue weighted by molar-refractivity contribution is 7.89. The molecule has 0 saturated carbocycles. The number of halogens is 3.